The molecule has 0 spiro atoms. The first-order chi connectivity index (χ1) is 8.07. The summed E-state index contributed by atoms with van der Waals surface area (Å²) in [6.45, 7) is 2.05. The van der Waals surface area contributed by atoms with Gasteiger partial charge >= 0.3 is 5.97 Å². The number of anilines is 2. The minimum absolute atomic E-state index is 0.119. The van der Waals surface area contributed by atoms with Crippen molar-refractivity contribution in [2.75, 3.05) is 23.9 Å². The minimum Gasteiger partial charge on any atom is -0.466 e. The lowest BCUT2D eigenvalue weighted by Gasteiger charge is -2.31. The van der Waals surface area contributed by atoms with E-state index in [2.05, 4.69) is 5.32 Å². The lowest BCUT2D eigenvalue weighted by atomic mass is 10.2. The molecule has 1 aromatic carbocycles. The Hall–Kier alpha value is -1.75. The Balaban J connectivity index is 2.17. The highest BCUT2D eigenvalue weighted by molar-refractivity contribution is 5.80. The number of carbonyl (C=O) groups is 1. The summed E-state index contributed by atoms with van der Waals surface area (Å²) >= 11 is 0. The Kier molecular flexibility index (Phi) is 2.93. The van der Waals surface area contributed by atoms with Crippen molar-refractivity contribution < 1.29 is 14.6 Å². The van der Waals surface area contributed by atoms with Crippen LogP contribution < -0.4 is 10.2 Å². The molecule has 0 fully saturated rings. The first-order valence-corrected chi connectivity index (χ1v) is 5.56. The highest BCUT2D eigenvalue weighted by Gasteiger charge is 2.41. The van der Waals surface area contributed by atoms with Crippen LogP contribution in [0.4, 0.5) is 11.4 Å². The van der Waals surface area contributed by atoms with Crippen molar-refractivity contribution in [3.8, 4) is 0 Å². The number of ether oxygens (including phenoxy) is 1. The average molecular weight is 236 g/mol. The molecule has 2 N–H and O–H groups in total. The van der Waals surface area contributed by atoms with Crippen molar-refractivity contribution in [3.63, 3.8) is 0 Å². The Morgan fingerprint density at radius 2 is 2.24 bits per heavy atom. The van der Waals surface area contributed by atoms with Gasteiger partial charge in [-0.15, -0.1) is 0 Å². The molecule has 0 aliphatic carbocycles. The maximum Gasteiger partial charge on any atom is 0.312 e. The molecule has 1 aromatic rings. The van der Waals surface area contributed by atoms with Crippen molar-refractivity contribution in [2.24, 2.45) is 0 Å². The highest BCUT2D eigenvalue weighted by atomic mass is 16.5. The zero-order chi connectivity index (χ0) is 12.5. The molecule has 0 aromatic heterocycles. The monoisotopic (exact) mass is 236 g/mol. The fourth-order valence-electron chi connectivity index (χ4n) is 1.95. The molecular weight excluding hydrogens is 220 g/mol. The third-order valence-electron chi connectivity index (χ3n) is 2.85. The van der Waals surface area contributed by atoms with Crippen molar-refractivity contribution in [1.82, 2.24) is 0 Å². The van der Waals surface area contributed by atoms with Crippen LogP contribution in [0, 0.1) is 0 Å². The number of esters is 1. The second-order valence-electron chi connectivity index (χ2n) is 4.00. The van der Waals surface area contributed by atoms with Gasteiger partial charge in [0.25, 0.3) is 0 Å². The second-order valence-corrected chi connectivity index (χ2v) is 4.00. The summed E-state index contributed by atoms with van der Waals surface area (Å²) in [5, 5.41) is 13.3. The fraction of sp³-hybridized carbons (Fsp3) is 0.417. The molecule has 0 saturated carbocycles. The SMILES string of the molecule is CCOC(=O)CC1(O)Nc2ccccc2N1C. The molecule has 1 aliphatic heterocycles. The van der Waals surface area contributed by atoms with Gasteiger partial charge in [-0.05, 0) is 19.1 Å². The number of hydrogen-bond donors (Lipinski definition) is 2. The lowest BCUT2D eigenvalue weighted by molar-refractivity contribution is -0.147. The maximum absolute atomic E-state index is 11.5. The van der Waals surface area contributed by atoms with E-state index in [9.17, 15) is 9.90 Å². The number of nitrogens with one attached hydrogen (secondary N) is 1. The van der Waals surface area contributed by atoms with E-state index < -0.39 is 11.8 Å². The summed E-state index contributed by atoms with van der Waals surface area (Å²) < 4.78 is 4.85. The van der Waals surface area contributed by atoms with Gasteiger partial charge in [-0.25, -0.2) is 0 Å². The van der Waals surface area contributed by atoms with E-state index >= 15 is 0 Å². The van der Waals surface area contributed by atoms with Crippen molar-refractivity contribution in [1.29, 1.82) is 0 Å². The van der Waals surface area contributed by atoms with E-state index in [1.807, 2.05) is 24.3 Å². The Labute approximate surface area is 100.0 Å². The normalized spacial score (nSPS) is 21.9. The van der Waals surface area contributed by atoms with Crippen LogP contribution in [0.5, 0.6) is 0 Å². The molecule has 1 atom stereocenters. The van der Waals surface area contributed by atoms with Crippen LogP contribution in [0.3, 0.4) is 0 Å². The van der Waals surface area contributed by atoms with E-state index in [1.165, 1.54) is 0 Å². The Morgan fingerprint density at radius 1 is 1.53 bits per heavy atom. The van der Waals surface area contributed by atoms with Gasteiger partial charge < -0.3 is 20.1 Å². The zero-order valence-electron chi connectivity index (χ0n) is 9.93. The van der Waals surface area contributed by atoms with Crippen LogP contribution in [0.15, 0.2) is 24.3 Å². The standard InChI is InChI=1S/C12H16N2O3/c1-3-17-11(15)8-12(16)13-9-6-4-5-7-10(9)14(12)2/h4-7,13,16H,3,8H2,1-2H3. The summed E-state index contributed by atoms with van der Waals surface area (Å²) in [4.78, 5) is 13.1. The molecule has 1 unspecified atom stereocenters. The average Bonchev–Trinajstić information content (AvgIpc) is 2.52. The Morgan fingerprint density at radius 3 is 2.88 bits per heavy atom. The molecule has 2 rings (SSSR count). The van der Waals surface area contributed by atoms with Crippen LogP contribution in [-0.2, 0) is 9.53 Å². The van der Waals surface area contributed by atoms with Crippen molar-refractivity contribution in [2.45, 2.75) is 19.2 Å². The summed E-state index contributed by atoms with van der Waals surface area (Å²) in [6, 6.07) is 7.49. The van der Waals surface area contributed by atoms with Gasteiger partial charge in [0.05, 0.1) is 18.0 Å². The van der Waals surface area contributed by atoms with Crippen LogP contribution in [0.2, 0.25) is 0 Å². The summed E-state index contributed by atoms with van der Waals surface area (Å²) in [5.74, 6) is -1.84. The third kappa shape index (κ3) is 2.06. The number of nitrogens with zero attached hydrogens (tertiary/aromatic N) is 1. The third-order valence-corrected chi connectivity index (χ3v) is 2.85. The molecule has 0 saturated heterocycles. The van der Waals surface area contributed by atoms with Gasteiger partial charge in [-0.1, -0.05) is 12.1 Å². The Bertz CT molecular complexity index is 436. The molecule has 17 heavy (non-hydrogen) atoms. The highest BCUT2D eigenvalue weighted by Crippen LogP contribution is 2.38. The number of aliphatic hydroxyl groups is 1. The lowest BCUT2D eigenvalue weighted by Crippen LogP contribution is -2.50. The second kappa shape index (κ2) is 4.25. The van der Waals surface area contributed by atoms with Crippen molar-refractivity contribution in [3.05, 3.63) is 24.3 Å². The largest absolute Gasteiger partial charge is 0.466 e. The van der Waals surface area contributed by atoms with Gasteiger partial charge in [0.1, 0.15) is 6.42 Å². The number of carbonyl (C=O) groups excluding carboxylic acids is 1. The number of rotatable bonds is 3. The number of fused-ring (bicyclic) bond motifs is 1. The van der Waals surface area contributed by atoms with E-state index in [-0.39, 0.29) is 6.42 Å². The number of para-hydroxylation sites is 2. The van der Waals surface area contributed by atoms with E-state index in [4.69, 9.17) is 4.74 Å². The molecule has 5 heteroatoms. The van der Waals surface area contributed by atoms with Gasteiger partial charge in [0.15, 0.2) is 0 Å². The van der Waals surface area contributed by atoms with Crippen LogP contribution in [0.25, 0.3) is 0 Å². The summed E-state index contributed by atoms with van der Waals surface area (Å²) in [6.07, 6.45) is -0.119. The minimum atomic E-state index is -1.41. The van der Waals surface area contributed by atoms with Gasteiger partial charge in [0.2, 0.25) is 5.85 Å². The molecule has 0 bridgehead atoms. The van der Waals surface area contributed by atoms with E-state index in [0.29, 0.717) is 6.61 Å². The van der Waals surface area contributed by atoms with E-state index in [0.717, 1.165) is 11.4 Å². The number of hydrogen-bond acceptors (Lipinski definition) is 5. The summed E-state index contributed by atoms with van der Waals surface area (Å²) in [7, 11) is 1.73. The zero-order valence-corrected chi connectivity index (χ0v) is 9.93. The predicted molar refractivity (Wildman–Crippen MR) is 64.7 cm³/mol. The molecule has 5 nitrogen and oxygen atoms in total. The fourth-order valence-corrected chi connectivity index (χ4v) is 1.95. The molecule has 1 aliphatic rings. The molecule has 0 amide bonds. The summed E-state index contributed by atoms with van der Waals surface area (Å²) in [5.41, 5.74) is 1.67. The van der Waals surface area contributed by atoms with Gasteiger partial charge in [0, 0.05) is 7.05 Å². The quantitative estimate of drug-likeness (QED) is 0.771. The first kappa shape index (κ1) is 11.7. The van der Waals surface area contributed by atoms with Gasteiger partial charge in [-0.2, -0.15) is 0 Å². The van der Waals surface area contributed by atoms with Crippen LogP contribution >= 0.6 is 0 Å². The maximum atomic E-state index is 11.5. The first-order valence-electron chi connectivity index (χ1n) is 5.56. The van der Waals surface area contributed by atoms with Crippen molar-refractivity contribution >= 4 is 17.3 Å². The molecular formula is C12H16N2O3. The smallest absolute Gasteiger partial charge is 0.312 e. The topological polar surface area (TPSA) is 61.8 Å². The molecule has 0 radical (unpaired) electrons. The van der Waals surface area contributed by atoms with Crippen LogP contribution in [0.1, 0.15) is 13.3 Å². The van der Waals surface area contributed by atoms with E-state index in [1.54, 1.807) is 18.9 Å². The van der Waals surface area contributed by atoms with Crippen LogP contribution in [-0.4, -0.2) is 30.6 Å². The van der Waals surface area contributed by atoms with Gasteiger partial charge in [-0.3, -0.25) is 4.79 Å². The number of benzene rings is 1. The predicted octanol–water partition coefficient (Wildman–Crippen LogP) is 1.15. The molecule has 92 valence electrons. The molecule has 1 heterocycles.